The van der Waals surface area contributed by atoms with Crippen LogP contribution in [0.2, 0.25) is 0 Å². The molecule has 2 aromatic carbocycles. The van der Waals surface area contributed by atoms with E-state index in [-0.39, 0.29) is 0 Å². The van der Waals surface area contributed by atoms with Crippen LogP contribution in [0.25, 0.3) is 6.08 Å². The monoisotopic (exact) mass is 432 g/mol. The van der Waals surface area contributed by atoms with Crippen LogP contribution in [0.5, 0.6) is 5.75 Å². The van der Waals surface area contributed by atoms with Crippen molar-refractivity contribution in [1.82, 2.24) is 10.9 Å². The smallest absolute Gasteiger partial charge is 0.331 e. The van der Waals surface area contributed by atoms with Gasteiger partial charge in [-0.05, 0) is 48.0 Å². The van der Waals surface area contributed by atoms with E-state index in [1.807, 2.05) is 24.3 Å². The first-order chi connectivity index (χ1) is 13.0. The van der Waals surface area contributed by atoms with Gasteiger partial charge in [-0.15, -0.1) is 0 Å². The van der Waals surface area contributed by atoms with Gasteiger partial charge in [0.25, 0.3) is 11.8 Å². The van der Waals surface area contributed by atoms with E-state index in [0.29, 0.717) is 11.3 Å². The summed E-state index contributed by atoms with van der Waals surface area (Å²) >= 11 is 3.32. The summed E-state index contributed by atoms with van der Waals surface area (Å²) in [5.74, 6) is -1.23. The van der Waals surface area contributed by atoms with Crippen LogP contribution >= 0.6 is 15.9 Å². The van der Waals surface area contributed by atoms with Gasteiger partial charge in [0.05, 0.1) is 7.11 Å². The summed E-state index contributed by atoms with van der Waals surface area (Å²) in [5, 5.41) is 0. The maximum Gasteiger partial charge on any atom is 0.331 e. The van der Waals surface area contributed by atoms with Gasteiger partial charge in [-0.3, -0.25) is 20.4 Å². The van der Waals surface area contributed by atoms with Crippen molar-refractivity contribution in [3.8, 4) is 5.75 Å². The fourth-order valence-corrected chi connectivity index (χ4v) is 2.16. The Morgan fingerprint density at radius 3 is 2.30 bits per heavy atom. The number of ether oxygens (including phenoxy) is 2. The molecule has 0 atom stereocenters. The number of hydrogen-bond donors (Lipinski definition) is 2. The minimum Gasteiger partial charge on any atom is -0.497 e. The molecule has 0 aliphatic heterocycles. The summed E-state index contributed by atoms with van der Waals surface area (Å²) in [6.45, 7) is -0.521. The maximum absolute atomic E-state index is 11.9. The number of benzene rings is 2. The van der Waals surface area contributed by atoms with Crippen molar-refractivity contribution in [3.05, 3.63) is 70.2 Å². The van der Waals surface area contributed by atoms with Crippen LogP contribution in [0.15, 0.2) is 59.1 Å². The Bertz CT molecular complexity index is 832. The quantitative estimate of drug-likeness (QED) is 0.415. The van der Waals surface area contributed by atoms with E-state index in [1.165, 1.54) is 13.2 Å². The summed E-state index contributed by atoms with van der Waals surface area (Å²) < 4.78 is 10.7. The van der Waals surface area contributed by atoms with Crippen molar-refractivity contribution >= 4 is 39.8 Å². The molecule has 0 unspecified atom stereocenters. The minimum absolute atomic E-state index is 0.338. The zero-order chi connectivity index (χ0) is 19.6. The van der Waals surface area contributed by atoms with Gasteiger partial charge >= 0.3 is 5.97 Å². The molecule has 0 aliphatic rings. The molecule has 140 valence electrons. The van der Waals surface area contributed by atoms with E-state index in [2.05, 4.69) is 26.8 Å². The molecule has 27 heavy (non-hydrogen) atoms. The average Bonchev–Trinajstić information content (AvgIpc) is 2.70. The van der Waals surface area contributed by atoms with Crippen LogP contribution in [0.1, 0.15) is 15.9 Å². The predicted octanol–water partition coefficient (Wildman–Crippen LogP) is 2.48. The van der Waals surface area contributed by atoms with E-state index < -0.39 is 24.4 Å². The number of halogens is 1. The van der Waals surface area contributed by atoms with Gasteiger partial charge in [-0.25, -0.2) is 4.79 Å². The molecule has 2 rings (SSSR count). The number of hydrogen-bond acceptors (Lipinski definition) is 5. The van der Waals surface area contributed by atoms with E-state index in [0.717, 1.165) is 10.0 Å². The van der Waals surface area contributed by atoms with Gasteiger partial charge in [0, 0.05) is 16.1 Å². The second-order valence-electron chi connectivity index (χ2n) is 5.22. The standard InChI is InChI=1S/C19H17BrN2O5/c1-26-16-9-5-14(6-10-16)19(25)22-21-17(23)12-27-18(24)11-4-13-2-7-15(20)8-3-13/h2-11H,12H2,1H3,(H,21,23)(H,22,25)/b11-4+. The first-order valence-electron chi connectivity index (χ1n) is 7.81. The van der Waals surface area contributed by atoms with Crippen molar-refractivity contribution in [3.63, 3.8) is 0 Å². The Kier molecular flexibility index (Phi) is 7.57. The second-order valence-corrected chi connectivity index (χ2v) is 6.14. The van der Waals surface area contributed by atoms with Crippen LogP contribution in [-0.2, 0) is 14.3 Å². The summed E-state index contributed by atoms with van der Waals surface area (Å²) in [5.41, 5.74) is 5.55. The van der Waals surface area contributed by atoms with Crippen LogP contribution in [0.3, 0.4) is 0 Å². The number of hydrazine groups is 1. The molecule has 2 aromatic rings. The van der Waals surface area contributed by atoms with Crippen molar-refractivity contribution in [2.45, 2.75) is 0 Å². The summed E-state index contributed by atoms with van der Waals surface area (Å²) in [4.78, 5) is 35.1. The van der Waals surface area contributed by atoms with Crippen molar-refractivity contribution in [2.75, 3.05) is 13.7 Å². The summed E-state index contributed by atoms with van der Waals surface area (Å²) in [6.07, 6.45) is 2.78. The molecule has 7 nitrogen and oxygen atoms in total. The van der Waals surface area contributed by atoms with Crippen molar-refractivity contribution in [1.29, 1.82) is 0 Å². The summed E-state index contributed by atoms with van der Waals surface area (Å²) in [6, 6.07) is 13.6. The zero-order valence-electron chi connectivity index (χ0n) is 14.4. The lowest BCUT2D eigenvalue weighted by molar-refractivity contribution is -0.144. The van der Waals surface area contributed by atoms with Crippen LogP contribution in [-0.4, -0.2) is 31.5 Å². The topological polar surface area (TPSA) is 93.7 Å². The third-order valence-electron chi connectivity index (χ3n) is 3.30. The molecule has 0 aliphatic carbocycles. The minimum atomic E-state index is -0.672. The number of carbonyl (C=O) groups excluding carboxylic acids is 3. The highest BCUT2D eigenvalue weighted by molar-refractivity contribution is 9.10. The molecule has 0 heterocycles. The predicted molar refractivity (Wildman–Crippen MR) is 103 cm³/mol. The lowest BCUT2D eigenvalue weighted by Gasteiger charge is -2.08. The number of rotatable bonds is 6. The molecular weight excluding hydrogens is 416 g/mol. The molecule has 0 saturated carbocycles. The second kappa shape index (κ2) is 10.1. The zero-order valence-corrected chi connectivity index (χ0v) is 16.0. The molecule has 0 spiro atoms. The van der Waals surface area contributed by atoms with Gasteiger partial charge < -0.3 is 9.47 Å². The molecule has 0 radical (unpaired) electrons. The number of esters is 1. The molecule has 0 fully saturated rings. The van der Waals surface area contributed by atoms with E-state index in [4.69, 9.17) is 9.47 Å². The third-order valence-corrected chi connectivity index (χ3v) is 3.82. The fraction of sp³-hybridized carbons (Fsp3) is 0.105. The molecule has 0 bridgehead atoms. The molecule has 0 aromatic heterocycles. The molecule has 2 amide bonds. The van der Waals surface area contributed by atoms with Gasteiger partial charge in [0.15, 0.2) is 6.61 Å². The van der Waals surface area contributed by atoms with Gasteiger partial charge in [0.2, 0.25) is 0 Å². The Hall–Kier alpha value is -3.13. The van der Waals surface area contributed by atoms with Crippen LogP contribution < -0.4 is 15.6 Å². The van der Waals surface area contributed by atoms with Crippen molar-refractivity contribution in [2.24, 2.45) is 0 Å². The first kappa shape index (κ1) is 20.2. The maximum atomic E-state index is 11.9. The highest BCUT2D eigenvalue weighted by atomic mass is 79.9. The third kappa shape index (κ3) is 6.95. The Balaban J connectivity index is 1.72. The SMILES string of the molecule is COc1ccc(C(=O)NNC(=O)COC(=O)/C=C/c2ccc(Br)cc2)cc1. The van der Waals surface area contributed by atoms with E-state index >= 15 is 0 Å². The molecule has 8 heteroatoms. The highest BCUT2D eigenvalue weighted by Crippen LogP contribution is 2.12. The number of amides is 2. The normalized spacial score (nSPS) is 10.3. The molecular formula is C19H17BrN2O5. The Labute approximate surface area is 164 Å². The molecule has 2 N–H and O–H groups in total. The lowest BCUT2D eigenvalue weighted by Crippen LogP contribution is -2.43. The average molecular weight is 433 g/mol. The van der Waals surface area contributed by atoms with Crippen LogP contribution in [0.4, 0.5) is 0 Å². The lowest BCUT2D eigenvalue weighted by atomic mass is 10.2. The number of nitrogens with one attached hydrogen (secondary N) is 2. The van der Waals surface area contributed by atoms with E-state index in [1.54, 1.807) is 30.3 Å². The number of methoxy groups -OCH3 is 1. The fourth-order valence-electron chi connectivity index (χ4n) is 1.90. The van der Waals surface area contributed by atoms with Gasteiger partial charge in [0.1, 0.15) is 5.75 Å². The van der Waals surface area contributed by atoms with Crippen LogP contribution in [0, 0.1) is 0 Å². The van der Waals surface area contributed by atoms with Crippen molar-refractivity contribution < 1.29 is 23.9 Å². The van der Waals surface area contributed by atoms with Gasteiger partial charge in [-0.2, -0.15) is 0 Å². The van der Waals surface area contributed by atoms with E-state index in [9.17, 15) is 14.4 Å². The first-order valence-corrected chi connectivity index (χ1v) is 8.61. The Morgan fingerprint density at radius 1 is 1.00 bits per heavy atom. The highest BCUT2D eigenvalue weighted by Gasteiger charge is 2.09. The van der Waals surface area contributed by atoms with Gasteiger partial charge in [-0.1, -0.05) is 28.1 Å². The molecule has 0 saturated heterocycles. The Morgan fingerprint density at radius 2 is 1.67 bits per heavy atom. The largest absolute Gasteiger partial charge is 0.497 e. The number of carbonyl (C=O) groups is 3. The summed E-state index contributed by atoms with van der Waals surface area (Å²) in [7, 11) is 1.52.